The number of carbonyl (C=O) groups is 1. The summed E-state index contributed by atoms with van der Waals surface area (Å²) in [6, 6.07) is 6.81. The summed E-state index contributed by atoms with van der Waals surface area (Å²) < 4.78 is 10.6. The lowest BCUT2D eigenvalue weighted by Crippen LogP contribution is -2.32. The van der Waals surface area contributed by atoms with E-state index in [1.54, 1.807) is 30.5 Å². The maximum Gasteiger partial charge on any atom is 0.259 e. The van der Waals surface area contributed by atoms with E-state index in [0.717, 1.165) is 25.9 Å². The molecule has 0 radical (unpaired) electrons. The van der Waals surface area contributed by atoms with Crippen molar-refractivity contribution in [2.24, 2.45) is 0 Å². The number of halogens is 1. The van der Waals surface area contributed by atoms with Crippen molar-refractivity contribution in [1.82, 2.24) is 4.98 Å². The van der Waals surface area contributed by atoms with E-state index in [2.05, 4.69) is 15.2 Å². The van der Waals surface area contributed by atoms with Crippen LogP contribution in [0.15, 0.2) is 30.5 Å². The van der Waals surface area contributed by atoms with Crippen molar-refractivity contribution in [3.8, 4) is 11.5 Å². The Kier molecular flexibility index (Phi) is 5.83. The Morgan fingerprint density at radius 2 is 1.88 bits per heavy atom. The standard InChI is InChI=1S/C19H22ClN3O3/c1-25-16-12-15(17(26-2)11-14(16)20)22-19(24)13-7-6-8-21-18(13)23-9-4-3-5-10-23/h6-8,11-12H,3-5,9-10H2,1-2H3,(H,22,24). The van der Waals surface area contributed by atoms with Crippen LogP contribution in [0.2, 0.25) is 5.02 Å². The highest BCUT2D eigenvalue weighted by molar-refractivity contribution is 6.32. The first-order chi connectivity index (χ1) is 12.6. The number of hydrogen-bond donors (Lipinski definition) is 1. The van der Waals surface area contributed by atoms with E-state index in [4.69, 9.17) is 21.1 Å². The summed E-state index contributed by atoms with van der Waals surface area (Å²) in [4.78, 5) is 19.5. The van der Waals surface area contributed by atoms with Crippen LogP contribution in [0.25, 0.3) is 0 Å². The SMILES string of the molecule is COc1cc(NC(=O)c2cccnc2N2CCCCC2)c(OC)cc1Cl. The van der Waals surface area contributed by atoms with Gasteiger partial charge in [0.1, 0.15) is 17.3 Å². The molecule has 138 valence electrons. The fraction of sp³-hybridized carbons (Fsp3) is 0.368. The molecule has 0 unspecified atom stereocenters. The average molecular weight is 376 g/mol. The Bertz CT molecular complexity index is 792. The van der Waals surface area contributed by atoms with Crippen LogP contribution in [0, 0.1) is 0 Å². The van der Waals surface area contributed by atoms with Crippen LogP contribution in [0.1, 0.15) is 29.6 Å². The second kappa shape index (κ2) is 8.27. The number of rotatable bonds is 5. The summed E-state index contributed by atoms with van der Waals surface area (Å²) in [6.07, 6.45) is 5.15. The molecule has 1 fully saturated rings. The summed E-state index contributed by atoms with van der Waals surface area (Å²) in [7, 11) is 3.05. The summed E-state index contributed by atoms with van der Waals surface area (Å²) >= 11 is 6.13. The molecule has 2 aromatic rings. The first-order valence-corrected chi connectivity index (χ1v) is 8.94. The fourth-order valence-corrected chi connectivity index (χ4v) is 3.31. The minimum Gasteiger partial charge on any atom is -0.495 e. The number of amides is 1. The van der Waals surface area contributed by atoms with Gasteiger partial charge in [-0.2, -0.15) is 0 Å². The molecule has 1 aromatic heterocycles. The van der Waals surface area contributed by atoms with Crippen molar-refractivity contribution in [3.05, 3.63) is 41.0 Å². The van der Waals surface area contributed by atoms with E-state index in [-0.39, 0.29) is 5.91 Å². The normalized spacial score (nSPS) is 14.0. The monoisotopic (exact) mass is 375 g/mol. The van der Waals surface area contributed by atoms with Crippen molar-refractivity contribution in [3.63, 3.8) is 0 Å². The molecule has 0 atom stereocenters. The number of ether oxygens (including phenoxy) is 2. The zero-order valence-corrected chi connectivity index (χ0v) is 15.7. The fourth-order valence-electron chi connectivity index (χ4n) is 3.08. The van der Waals surface area contributed by atoms with Crippen molar-refractivity contribution >= 4 is 29.0 Å². The number of hydrogen-bond acceptors (Lipinski definition) is 5. The third kappa shape index (κ3) is 3.85. The Labute approximate surface area is 158 Å². The first-order valence-electron chi connectivity index (χ1n) is 8.57. The molecule has 26 heavy (non-hydrogen) atoms. The van der Waals surface area contributed by atoms with Crippen LogP contribution in [-0.4, -0.2) is 38.2 Å². The maximum atomic E-state index is 12.9. The molecular weight excluding hydrogens is 354 g/mol. The summed E-state index contributed by atoms with van der Waals surface area (Å²) in [5.74, 6) is 1.39. The van der Waals surface area contributed by atoms with E-state index in [1.807, 2.05) is 0 Å². The molecule has 1 saturated heterocycles. The minimum absolute atomic E-state index is 0.249. The Balaban J connectivity index is 1.89. The third-order valence-corrected chi connectivity index (χ3v) is 4.70. The van der Waals surface area contributed by atoms with Gasteiger partial charge in [-0.1, -0.05) is 11.6 Å². The van der Waals surface area contributed by atoms with Crippen LogP contribution in [-0.2, 0) is 0 Å². The summed E-state index contributed by atoms with van der Waals surface area (Å²) in [5.41, 5.74) is 1.03. The number of anilines is 2. The second-order valence-corrected chi connectivity index (χ2v) is 6.47. The highest BCUT2D eigenvalue weighted by atomic mass is 35.5. The lowest BCUT2D eigenvalue weighted by Gasteiger charge is -2.29. The Hall–Kier alpha value is -2.47. The van der Waals surface area contributed by atoms with Gasteiger partial charge in [0.05, 0.1) is 30.5 Å². The van der Waals surface area contributed by atoms with Crippen molar-refractivity contribution in [2.45, 2.75) is 19.3 Å². The van der Waals surface area contributed by atoms with Crippen LogP contribution in [0.3, 0.4) is 0 Å². The highest BCUT2D eigenvalue weighted by Crippen LogP contribution is 2.36. The highest BCUT2D eigenvalue weighted by Gasteiger charge is 2.21. The molecule has 1 aliphatic heterocycles. The van der Waals surface area contributed by atoms with Crippen LogP contribution in [0.5, 0.6) is 11.5 Å². The number of benzene rings is 1. The van der Waals surface area contributed by atoms with Gasteiger partial charge in [-0.05, 0) is 31.4 Å². The van der Waals surface area contributed by atoms with Crippen molar-refractivity contribution in [1.29, 1.82) is 0 Å². The lowest BCUT2D eigenvalue weighted by molar-refractivity contribution is 0.102. The largest absolute Gasteiger partial charge is 0.495 e. The molecule has 1 aromatic carbocycles. The van der Waals surface area contributed by atoms with Crippen LogP contribution in [0.4, 0.5) is 11.5 Å². The summed E-state index contributed by atoms with van der Waals surface area (Å²) in [5, 5.41) is 3.30. The van der Waals surface area contributed by atoms with Gasteiger partial charge in [-0.3, -0.25) is 4.79 Å². The molecule has 7 heteroatoms. The molecule has 1 aliphatic rings. The van der Waals surface area contributed by atoms with E-state index < -0.39 is 0 Å². The lowest BCUT2D eigenvalue weighted by atomic mass is 10.1. The zero-order valence-electron chi connectivity index (χ0n) is 14.9. The predicted octanol–water partition coefficient (Wildman–Crippen LogP) is 3.99. The van der Waals surface area contributed by atoms with Gasteiger partial charge in [0.15, 0.2) is 0 Å². The molecule has 0 bridgehead atoms. The van der Waals surface area contributed by atoms with Gasteiger partial charge in [0, 0.05) is 31.4 Å². The number of aromatic nitrogens is 1. The molecule has 2 heterocycles. The minimum atomic E-state index is -0.249. The average Bonchev–Trinajstić information content (AvgIpc) is 2.69. The topological polar surface area (TPSA) is 63.7 Å². The van der Waals surface area contributed by atoms with Gasteiger partial charge in [-0.25, -0.2) is 4.98 Å². The number of pyridine rings is 1. The van der Waals surface area contributed by atoms with Gasteiger partial charge < -0.3 is 19.7 Å². The zero-order chi connectivity index (χ0) is 18.5. The molecule has 1 amide bonds. The van der Waals surface area contributed by atoms with Gasteiger partial charge in [-0.15, -0.1) is 0 Å². The predicted molar refractivity (Wildman–Crippen MR) is 103 cm³/mol. The number of nitrogens with zero attached hydrogens (tertiary/aromatic N) is 2. The van der Waals surface area contributed by atoms with E-state index in [0.29, 0.717) is 33.6 Å². The molecule has 6 nitrogen and oxygen atoms in total. The Morgan fingerprint density at radius 3 is 2.58 bits per heavy atom. The van der Waals surface area contributed by atoms with Crippen LogP contribution >= 0.6 is 11.6 Å². The molecule has 0 spiro atoms. The third-order valence-electron chi connectivity index (χ3n) is 4.41. The number of carbonyl (C=O) groups excluding carboxylic acids is 1. The Morgan fingerprint density at radius 1 is 1.15 bits per heavy atom. The van der Waals surface area contributed by atoms with E-state index in [1.165, 1.54) is 20.6 Å². The van der Waals surface area contributed by atoms with Crippen LogP contribution < -0.4 is 19.7 Å². The summed E-state index contributed by atoms with van der Waals surface area (Å²) in [6.45, 7) is 1.82. The second-order valence-electron chi connectivity index (χ2n) is 6.06. The van der Waals surface area contributed by atoms with Gasteiger partial charge in [0.2, 0.25) is 0 Å². The molecule has 3 rings (SSSR count). The molecular formula is C19H22ClN3O3. The van der Waals surface area contributed by atoms with Crippen molar-refractivity contribution in [2.75, 3.05) is 37.5 Å². The van der Waals surface area contributed by atoms with Gasteiger partial charge in [0.25, 0.3) is 5.91 Å². The van der Waals surface area contributed by atoms with Gasteiger partial charge >= 0.3 is 0 Å². The number of piperidine rings is 1. The first kappa shape index (κ1) is 18.3. The quantitative estimate of drug-likeness (QED) is 0.855. The molecule has 0 aliphatic carbocycles. The maximum absolute atomic E-state index is 12.9. The molecule has 1 N–H and O–H groups in total. The van der Waals surface area contributed by atoms with E-state index in [9.17, 15) is 4.79 Å². The number of nitrogens with one attached hydrogen (secondary N) is 1. The van der Waals surface area contributed by atoms with E-state index >= 15 is 0 Å². The van der Waals surface area contributed by atoms with Crippen molar-refractivity contribution < 1.29 is 14.3 Å². The number of methoxy groups -OCH3 is 2. The molecule has 0 saturated carbocycles. The smallest absolute Gasteiger partial charge is 0.259 e.